The van der Waals surface area contributed by atoms with Gasteiger partial charge in [-0.1, -0.05) is 71.9 Å². The van der Waals surface area contributed by atoms with Crippen LogP contribution in [0.25, 0.3) is 22.3 Å². The van der Waals surface area contributed by atoms with Crippen molar-refractivity contribution in [2.75, 3.05) is 12.2 Å². The van der Waals surface area contributed by atoms with Gasteiger partial charge in [-0.25, -0.2) is 0 Å². The number of benzene rings is 4. The van der Waals surface area contributed by atoms with E-state index in [2.05, 4.69) is 136 Å². The average molecular weight is 494 g/mol. The van der Waals surface area contributed by atoms with E-state index in [4.69, 9.17) is 0 Å². The standard InChI is InChI=1S/C26H16N2.2CH3.4Al/c1-28-17-11-13-25-21(15-17)19-7-3-5-9-23(19)26(25)22-8-4-2-6-18(22)20-14-16(27)10-12-24(20)26;;;;;;/h2-15H,1H2;2*1H3;;;;/q-1;;;;;;+1. The topological polar surface area (TPSA) is 6.48 Å². The smallest absolute Gasteiger partial charge is 0.338 e. The fourth-order valence-electron chi connectivity index (χ4n) is 5.92. The predicted molar refractivity (Wildman–Crippen MR) is 147 cm³/mol. The molecule has 2 aliphatic carbocycles. The molecule has 2 aliphatic rings. The van der Waals surface area contributed by atoms with Crippen molar-refractivity contribution in [1.29, 1.82) is 0 Å². The second kappa shape index (κ2) is 8.92. The Morgan fingerprint density at radius 3 is 1.71 bits per heavy atom. The number of nitrogens with zero attached hydrogens (tertiary/aromatic N) is 2. The van der Waals surface area contributed by atoms with Crippen molar-refractivity contribution >= 4 is 75.1 Å². The molecule has 6 rings (SSSR count). The van der Waals surface area contributed by atoms with Crippen LogP contribution in [0.3, 0.4) is 0 Å². The third kappa shape index (κ3) is 3.20. The van der Waals surface area contributed by atoms with Crippen molar-refractivity contribution < 1.29 is 0 Å². The Bertz CT molecular complexity index is 1420. The van der Waals surface area contributed by atoms with Gasteiger partial charge in [0.15, 0.2) is 0 Å². The third-order valence-electron chi connectivity index (χ3n) is 7.34. The maximum Gasteiger partial charge on any atom is 0.338 e. The van der Waals surface area contributed by atoms with Gasteiger partial charge in [-0.15, -0.1) is 5.79 Å². The van der Waals surface area contributed by atoms with Crippen molar-refractivity contribution in [3.63, 3.8) is 0 Å². The quantitative estimate of drug-likeness (QED) is 0.305. The zero-order chi connectivity index (χ0) is 23.4. The SMILES string of the molecule is [CH3][Al][CH2][N]([Al])c1ccc2c(c1)-c1ccccc1C21c2ccccc2-c2cc([N]([Al])[Al][CH3])ccc21. The highest BCUT2D eigenvalue weighted by molar-refractivity contribution is 6.54. The van der Waals surface area contributed by atoms with Gasteiger partial charge in [-0.05, 0) is 74.5 Å². The molecule has 0 aliphatic heterocycles. The van der Waals surface area contributed by atoms with Crippen LogP contribution in [-0.2, 0) is 5.41 Å². The molecular formula is C28H22Al4N2. The fraction of sp³-hybridized carbons (Fsp3) is 0.143. The molecule has 156 valence electrons. The molecule has 2 nitrogen and oxygen atoms in total. The average Bonchev–Trinajstić information content (AvgIpc) is 3.35. The normalized spacial score (nSPS) is 16.4. The highest BCUT2D eigenvalue weighted by Crippen LogP contribution is 2.63. The fourth-order valence-corrected chi connectivity index (χ4v) is 7.93. The van der Waals surface area contributed by atoms with Crippen LogP contribution in [0.5, 0.6) is 0 Å². The van der Waals surface area contributed by atoms with Crippen molar-refractivity contribution in [3.05, 3.63) is 107 Å². The molecule has 0 amide bonds. The Balaban J connectivity index is 1.68. The van der Waals surface area contributed by atoms with Crippen molar-refractivity contribution in [3.8, 4) is 22.3 Å². The van der Waals surface area contributed by atoms with Crippen molar-refractivity contribution in [1.82, 2.24) is 0 Å². The lowest BCUT2D eigenvalue weighted by Crippen LogP contribution is -2.27. The van der Waals surface area contributed by atoms with Gasteiger partial charge in [0.1, 0.15) is 0 Å². The van der Waals surface area contributed by atoms with Crippen LogP contribution in [0.4, 0.5) is 11.4 Å². The Kier molecular flexibility index (Phi) is 6.05. The molecular weight excluding hydrogens is 472 g/mol. The highest BCUT2D eigenvalue weighted by atomic mass is 27.2. The second-order valence-electron chi connectivity index (χ2n) is 9.03. The van der Waals surface area contributed by atoms with Crippen LogP contribution in [0.2, 0.25) is 11.6 Å². The molecule has 1 spiro atoms. The van der Waals surface area contributed by atoms with Crippen LogP contribution in [0, 0.1) is 0 Å². The van der Waals surface area contributed by atoms with E-state index in [1.165, 1.54) is 55.9 Å². The van der Waals surface area contributed by atoms with Gasteiger partial charge in [0.25, 0.3) is 16.5 Å². The maximum atomic E-state index is 2.92. The van der Waals surface area contributed by atoms with Gasteiger partial charge in [0.05, 0.1) is 5.41 Å². The van der Waals surface area contributed by atoms with Gasteiger partial charge in [0, 0.05) is 5.69 Å². The Morgan fingerprint density at radius 2 is 1.15 bits per heavy atom. The second-order valence-corrected chi connectivity index (χ2v) is 13.1. The highest BCUT2D eigenvalue weighted by Gasteiger charge is 2.51. The molecule has 1 atom stereocenters. The molecule has 4 aromatic carbocycles. The van der Waals surface area contributed by atoms with Gasteiger partial charge in [0.2, 0.25) is 15.2 Å². The molecule has 0 fully saturated rings. The first-order valence-electron chi connectivity index (χ1n) is 11.7. The van der Waals surface area contributed by atoms with E-state index in [9.17, 15) is 0 Å². The molecule has 34 heavy (non-hydrogen) atoms. The first-order chi connectivity index (χ1) is 16.6. The van der Waals surface area contributed by atoms with E-state index in [0.717, 1.165) is 5.41 Å². The van der Waals surface area contributed by atoms with E-state index < -0.39 is 0 Å². The lowest BCUT2D eigenvalue weighted by molar-refractivity contribution is 0.794. The number of anilines is 2. The molecule has 0 saturated heterocycles. The minimum atomic E-state index is -0.262. The number of fused-ring (bicyclic) bond motifs is 10. The summed E-state index contributed by atoms with van der Waals surface area (Å²) in [5, 5.41) is 1.11. The van der Waals surface area contributed by atoms with Crippen LogP contribution in [-0.4, -0.2) is 69.1 Å². The lowest BCUT2D eigenvalue weighted by atomic mass is 9.70. The summed E-state index contributed by atoms with van der Waals surface area (Å²) in [5.74, 6) is 4.58. The summed E-state index contributed by atoms with van der Waals surface area (Å²) in [5.41, 5.74) is 13.4. The van der Waals surface area contributed by atoms with Crippen LogP contribution in [0.15, 0.2) is 84.9 Å². The zero-order valence-electron chi connectivity index (χ0n) is 19.5. The molecule has 0 aromatic heterocycles. The third-order valence-corrected chi connectivity index (χ3v) is 11.1. The van der Waals surface area contributed by atoms with Crippen molar-refractivity contribution in [2.24, 2.45) is 0 Å². The molecule has 4 aromatic rings. The molecule has 6 radical (unpaired) electrons. The van der Waals surface area contributed by atoms with Gasteiger partial charge in [-0.2, -0.15) is 0 Å². The Morgan fingerprint density at radius 1 is 0.647 bits per heavy atom. The summed E-state index contributed by atoms with van der Waals surface area (Å²) in [6.45, 7) is 0. The van der Waals surface area contributed by atoms with E-state index >= 15 is 0 Å². The Labute approximate surface area is 231 Å². The van der Waals surface area contributed by atoms with Crippen LogP contribution in [0.1, 0.15) is 22.3 Å². The maximum absolute atomic E-state index is 2.92. The number of hydrogen-bond donors (Lipinski definition) is 0. The summed E-state index contributed by atoms with van der Waals surface area (Å²) >= 11 is 6.44. The van der Waals surface area contributed by atoms with E-state index in [0.29, 0.717) is 15.2 Å². The summed E-state index contributed by atoms with van der Waals surface area (Å²) in [4.78, 5) is 0. The molecule has 0 bridgehead atoms. The first kappa shape index (κ1) is 23.0. The van der Waals surface area contributed by atoms with Crippen molar-refractivity contribution in [2.45, 2.75) is 17.0 Å². The lowest BCUT2D eigenvalue weighted by Gasteiger charge is -2.31. The van der Waals surface area contributed by atoms with Gasteiger partial charge >= 0.3 is 32.0 Å². The molecule has 6 heteroatoms. The summed E-state index contributed by atoms with van der Waals surface area (Å²) in [6, 6.07) is 32.3. The molecule has 0 N–H and O–H groups in total. The number of hydrogen-bond acceptors (Lipinski definition) is 2. The summed E-state index contributed by atoms with van der Waals surface area (Å²) < 4.78 is 4.65. The van der Waals surface area contributed by atoms with E-state index in [-0.39, 0.29) is 20.9 Å². The van der Waals surface area contributed by atoms with Crippen LogP contribution < -0.4 is 6.75 Å². The number of rotatable bonds is 5. The van der Waals surface area contributed by atoms with Gasteiger partial charge < -0.3 is 6.75 Å². The molecule has 0 saturated carbocycles. The van der Waals surface area contributed by atoms with Crippen LogP contribution >= 0.6 is 0 Å². The largest absolute Gasteiger partial charge is 0.580 e. The van der Waals surface area contributed by atoms with E-state index in [1.54, 1.807) is 0 Å². The Hall–Kier alpha value is -1.39. The minimum absolute atomic E-state index is 0.203. The molecule has 0 heterocycles. The first-order valence-corrected chi connectivity index (χ1v) is 16.4. The monoisotopic (exact) mass is 494 g/mol. The minimum Gasteiger partial charge on any atom is -0.580 e. The summed E-state index contributed by atoms with van der Waals surface area (Å²) in [6.07, 6.45) is 0. The zero-order valence-corrected chi connectivity index (χ0v) is 24.1. The predicted octanol–water partition coefficient (Wildman–Crippen LogP) is 5.19. The van der Waals surface area contributed by atoms with E-state index in [1.807, 2.05) is 0 Å². The van der Waals surface area contributed by atoms with Gasteiger partial charge in [-0.3, -0.25) is 0 Å². The summed E-state index contributed by atoms with van der Waals surface area (Å²) in [7, 11) is 0. The molecule has 1 unspecified atom stereocenters.